The maximum Gasteiger partial charge on any atom is 0.166 e. The van der Waals surface area contributed by atoms with E-state index in [4.69, 9.17) is 0 Å². The van der Waals surface area contributed by atoms with Crippen molar-refractivity contribution in [1.82, 2.24) is 14.7 Å². The van der Waals surface area contributed by atoms with Crippen molar-refractivity contribution in [2.45, 2.75) is 18.8 Å². The number of nitrogens with one attached hydrogen (secondary N) is 1. The smallest absolute Gasteiger partial charge is 0.166 e. The molecule has 0 spiro atoms. The van der Waals surface area contributed by atoms with E-state index in [-0.39, 0.29) is 0 Å². The van der Waals surface area contributed by atoms with Crippen LogP contribution in [0.25, 0.3) is 5.65 Å². The molecule has 1 N–H and O–H groups in total. The largest absolute Gasteiger partial charge is 0.317 e. The Morgan fingerprint density at radius 1 is 1.35 bits per heavy atom. The lowest BCUT2D eigenvalue weighted by molar-refractivity contribution is 0.111. The number of hydrogen-bond donors (Lipinski definition) is 1. The third-order valence-electron chi connectivity index (χ3n) is 3.42. The molecule has 17 heavy (non-hydrogen) atoms. The van der Waals surface area contributed by atoms with Gasteiger partial charge in [-0.3, -0.25) is 9.20 Å². The summed E-state index contributed by atoms with van der Waals surface area (Å²) >= 11 is 0. The Labute approximate surface area is 99.7 Å². The number of rotatable bonds is 2. The van der Waals surface area contributed by atoms with Gasteiger partial charge in [0.1, 0.15) is 5.65 Å². The molecular weight excluding hydrogens is 214 g/mol. The molecule has 3 rings (SSSR count). The Balaban J connectivity index is 2.03. The number of pyridine rings is 1. The number of hydrogen-bond acceptors (Lipinski definition) is 3. The lowest BCUT2D eigenvalue weighted by Crippen LogP contribution is -2.26. The lowest BCUT2D eigenvalue weighted by Gasteiger charge is -2.20. The Morgan fingerprint density at radius 2 is 2.18 bits per heavy atom. The second-order valence-electron chi connectivity index (χ2n) is 4.49. The predicted molar refractivity (Wildman–Crippen MR) is 65.4 cm³/mol. The SMILES string of the molecule is O=Cc1cccc2nc(C3CCNCC3)cn12. The number of imidazole rings is 1. The highest BCUT2D eigenvalue weighted by molar-refractivity contribution is 5.73. The van der Waals surface area contributed by atoms with Gasteiger partial charge in [-0.15, -0.1) is 0 Å². The van der Waals surface area contributed by atoms with Crippen LogP contribution in [-0.4, -0.2) is 28.8 Å². The summed E-state index contributed by atoms with van der Waals surface area (Å²) in [6.07, 6.45) is 5.14. The molecule has 0 aromatic carbocycles. The van der Waals surface area contributed by atoms with Crippen molar-refractivity contribution >= 4 is 11.9 Å². The van der Waals surface area contributed by atoms with E-state index in [1.54, 1.807) is 0 Å². The van der Waals surface area contributed by atoms with Crippen LogP contribution in [0.15, 0.2) is 24.4 Å². The van der Waals surface area contributed by atoms with Gasteiger partial charge in [-0.1, -0.05) is 6.07 Å². The van der Waals surface area contributed by atoms with Crippen LogP contribution < -0.4 is 5.32 Å². The van der Waals surface area contributed by atoms with E-state index in [1.165, 1.54) is 0 Å². The van der Waals surface area contributed by atoms with Gasteiger partial charge in [0, 0.05) is 12.1 Å². The van der Waals surface area contributed by atoms with Gasteiger partial charge >= 0.3 is 0 Å². The molecule has 2 aromatic heterocycles. The molecule has 4 nitrogen and oxygen atoms in total. The lowest BCUT2D eigenvalue weighted by atomic mass is 9.95. The Bertz CT molecular complexity index is 541. The number of carbonyl (C=O) groups excluding carboxylic acids is 1. The van der Waals surface area contributed by atoms with Gasteiger partial charge in [-0.25, -0.2) is 4.98 Å². The van der Waals surface area contributed by atoms with Crippen LogP contribution in [0.2, 0.25) is 0 Å². The fourth-order valence-corrected chi connectivity index (χ4v) is 2.46. The molecule has 4 heteroatoms. The van der Waals surface area contributed by atoms with Crippen LogP contribution in [0.3, 0.4) is 0 Å². The van der Waals surface area contributed by atoms with E-state index in [1.807, 2.05) is 28.8 Å². The molecule has 0 atom stereocenters. The second-order valence-corrected chi connectivity index (χ2v) is 4.49. The minimum absolute atomic E-state index is 0.524. The highest BCUT2D eigenvalue weighted by Crippen LogP contribution is 2.24. The van der Waals surface area contributed by atoms with E-state index >= 15 is 0 Å². The van der Waals surface area contributed by atoms with Crippen molar-refractivity contribution in [3.05, 3.63) is 35.8 Å². The van der Waals surface area contributed by atoms with E-state index in [0.717, 1.165) is 43.6 Å². The molecule has 3 heterocycles. The fraction of sp³-hybridized carbons (Fsp3) is 0.385. The van der Waals surface area contributed by atoms with E-state index < -0.39 is 0 Å². The van der Waals surface area contributed by atoms with Gasteiger partial charge in [0.05, 0.1) is 11.4 Å². The van der Waals surface area contributed by atoms with Crippen LogP contribution in [0.5, 0.6) is 0 Å². The molecule has 0 saturated carbocycles. The van der Waals surface area contributed by atoms with Crippen LogP contribution in [0.4, 0.5) is 0 Å². The first-order chi connectivity index (χ1) is 8.38. The van der Waals surface area contributed by atoms with E-state index in [9.17, 15) is 4.79 Å². The number of nitrogens with zero attached hydrogens (tertiary/aromatic N) is 2. The molecular formula is C13H15N3O. The first kappa shape index (κ1) is 10.5. The van der Waals surface area contributed by atoms with E-state index in [0.29, 0.717) is 11.6 Å². The standard InChI is InChI=1S/C13H15N3O/c17-9-11-2-1-3-13-15-12(8-16(11)13)10-4-6-14-7-5-10/h1-3,8-10,14H,4-7H2. The molecule has 1 fully saturated rings. The Hall–Kier alpha value is -1.68. The van der Waals surface area contributed by atoms with Crippen molar-refractivity contribution in [3.8, 4) is 0 Å². The second kappa shape index (κ2) is 4.30. The number of fused-ring (bicyclic) bond motifs is 1. The third kappa shape index (κ3) is 1.85. The molecule has 0 radical (unpaired) electrons. The average Bonchev–Trinajstić information content (AvgIpc) is 2.83. The molecule has 1 aliphatic heterocycles. The summed E-state index contributed by atoms with van der Waals surface area (Å²) in [7, 11) is 0. The molecule has 0 aliphatic carbocycles. The van der Waals surface area contributed by atoms with Crippen molar-refractivity contribution in [3.63, 3.8) is 0 Å². The summed E-state index contributed by atoms with van der Waals surface area (Å²) in [6, 6.07) is 5.63. The highest BCUT2D eigenvalue weighted by atomic mass is 16.1. The maximum absolute atomic E-state index is 10.9. The summed E-state index contributed by atoms with van der Waals surface area (Å²) in [5.74, 6) is 0.524. The summed E-state index contributed by atoms with van der Waals surface area (Å²) < 4.78 is 1.88. The zero-order valence-electron chi connectivity index (χ0n) is 9.60. The summed E-state index contributed by atoms with van der Waals surface area (Å²) in [4.78, 5) is 15.6. The van der Waals surface area contributed by atoms with Crippen LogP contribution >= 0.6 is 0 Å². The minimum atomic E-state index is 0.524. The van der Waals surface area contributed by atoms with Crippen LogP contribution in [0, 0.1) is 0 Å². The fourth-order valence-electron chi connectivity index (χ4n) is 2.46. The predicted octanol–water partition coefficient (Wildman–Crippen LogP) is 1.61. The van der Waals surface area contributed by atoms with Crippen molar-refractivity contribution in [1.29, 1.82) is 0 Å². The molecule has 2 aromatic rings. The minimum Gasteiger partial charge on any atom is -0.317 e. The zero-order valence-corrected chi connectivity index (χ0v) is 9.60. The molecule has 1 aliphatic rings. The molecule has 0 amide bonds. The third-order valence-corrected chi connectivity index (χ3v) is 3.42. The first-order valence-corrected chi connectivity index (χ1v) is 6.02. The summed E-state index contributed by atoms with van der Waals surface area (Å²) in [5, 5.41) is 3.35. The van der Waals surface area contributed by atoms with Crippen molar-refractivity contribution in [2.75, 3.05) is 13.1 Å². The van der Waals surface area contributed by atoms with Gasteiger partial charge in [-0.05, 0) is 38.1 Å². The number of aldehydes is 1. The molecule has 1 saturated heterocycles. The van der Waals surface area contributed by atoms with Crippen LogP contribution in [-0.2, 0) is 0 Å². The quantitative estimate of drug-likeness (QED) is 0.796. The molecule has 88 valence electrons. The van der Waals surface area contributed by atoms with Gasteiger partial charge in [-0.2, -0.15) is 0 Å². The van der Waals surface area contributed by atoms with Gasteiger partial charge < -0.3 is 5.32 Å². The topological polar surface area (TPSA) is 46.4 Å². The average molecular weight is 229 g/mol. The Morgan fingerprint density at radius 3 is 2.94 bits per heavy atom. The molecule has 0 unspecified atom stereocenters. The Kier molecular flexibility index (Phi) is 2.65. The van der Waals surface area contributed by atoms with E-state index in [2.05, 4.69) is 10.3 Å². The van der Waals surface area contributed by atoms with Gasteiger partial charge in [0.2, 0.25) is 0 Å². The van der Waals surface area contributed by atoms with Gasteiger partial charge in [0.25, 0.3) is 0 Å². The van der Waals surface area contributed by atoms with Crippen molar-refractivity contribution < 1.29 is 4.79 Å². The summed E-state index contributed by atoms with van der Waals surface area (Å²) in [6.45, 7) is 2.11. The molecule has 0 bridgehead atoms. The normalized spacial score (nSPS) is 17.4. The maximum atomic E-state index is 10.9. The number of carbonyl (C=O) groups is 1. The first-order valence-electron chi connectivity index (χ1n) is 6.02. The summed E-state index contributed by atoms with van der Waals surface area (Å²) in [5.41, 5.74) is 2.64. The number of piperidine rings is 1. The highest BCUT2D eigenvalue weighted by Gasteiger charge is 2.18. The van der Waals surface area contributed by atoms with Crippen molar-refractivity contribution in [2.24, 2.45) is 0 Å². The van der Waals surface area contributed by atoms with Crippen LogP contribution in [0.1, 0.15) is 34.9 Å². The monoisotopic (exact) mass is 229 g/mol. The number of aromatic nitrogens is 2. The zero-order chi connectivity index (χ0) is 11.7. The van der Waals surface area contributed by atoms with Gasteiger partial charge in [0.15, 0.2) is 6.29 Å².